The van der Waals surface area contributed by atoms with Crippen LogP contribution in [0.15, 0.2) is 146 Å². The molecule has 0 saturated carbocycles. The molecular weight excluding hydrogens is 1090 g/mol. The summed E-state index contributed by atoms with van der Waals surface area (Å²) in [6.45, 7) is 0.370. The Labute approximate surface area is 410 Å². The fourth-order valence-corrected chi connectivity index (χ4v) is 8.33. The third-order valence-electron chi connectivity index (χ3n) is 11.6. The predicted molar refractivity (Wildman–Crippen MR) is 225 cm³/mol. The number of halogens is 24. The maximum absolute atomic E-state index is 14.2. The average molecular weight is 1110 g/mol. The molecule has 1 heterocycles. The molecule has 0 atom stereocenters. The molecule has 0 aliphatic rings. The first-order valence-corrected chi connectivity index (χ1v) is 20.9. The molecule has 2 nitrogen and oxygen atoms in total. The molecule has 0 bridgehead atoms. The van der Waals surface area contributed by atoms with Gasteiger partial charge in [-0.05, 0) is 35.0 Å². The molecule has 27 heteroatoms. The average Bonchev–Trinajstić information content (AvgIpc) is 3.29. The molecule has 0 aliphatic heterocycles. The molecule has 0 fully saturated rings. The van der Waals surface area contributed by atoms with E-state index in [0.29, 0.717) is 6.54 Å². The second-order valence-corrected chi connectivity index (χ2v) is 16.7. The summed E-state index contributed by atoms with van der Waals surface area (Å²) in [5.74, 6) is 0.132. The van der Waals surface area contributed by atoms with E-state index >= 15 is 0 Å². The van der Waals surface area contributed by atoms with Crippen molar-refractivity contribution < 1.29 is 115 Å². The van der Waals surface area contributed by atoms with Crippen molar-refractivity contribution in [1.82, 2.24) is 0 Å². The highest BCUT2D eigenvalue weighted by Gasteiger charge is 2.47. The minimum absolute atomic E-state index is 0.132. The molecule has 1 aromatic heterocycles. The Morgan fingerprint density at radius 1 is 0.329 bits per heavy atom. The van der Waals surface area contributed by atoms with Crippen LogP contribution in [0.2, 0.25) is 0 Å². The first-order valence-electron chi connectivity index (χ1n) is 20.9. The lowest BCUT2D eigenvalue weighted by atomic mass is 9.12. The van der Waals surface area contributed by atoms with Gasteiger partial charge >= 0.3 is 49.4 Å². The highest BCUT2D eigenvalue weighted by molar-refractivity contribution is 7.20. The van der Waals surface area contributed by atoms with Crippen molar-refractivity contribution in [2.75, 3.05) is 0 Å². The van der Waals surface area contributed by atoms with Gasteiger partial charge in [-0.2, -0.15) is 132 Å². The van der Waals surface area contributed by atoms with Crippen LogP contribution in [0.25, 0.3) is 10.8 Å². The summed E-state index contributed by atoms with van der Waals surface area (Å²) in [5.41, 5.74) is -29.4. The Morgan fingerprint density at radius 2 is 0.592 bits per heavy atom. The van der Waals surface area contributed by atoms with Gasteiger partial charge in [-0.3, -0.25) is 4.79 Å². The fraction of sp³-hybridized carbons (Fsp3) is 0.184. The van der Waals surface area contributed by atoms with Crippen molar-refractivity contribution in [3.8, 4) is 0 Å². The summed E-state index contributed by atoms with van der Waals surface area (Å²) >= 11 is 0. The van der Waals surface area contributed by atoms with Crippen molar-refractivity contribution in [2.45, 2.75) is 56.0 Å². The van der Waals surface area contributed by atoms with E-state index in [1.807, 2.05) is 77.6 Å². The Kier molecular flexibility index (Phi) is 15.3. The molecule has 0 amide bonds. The van der Waals surface area contributed by atoms with Crippen molar-refractivity contribution >= 4 is 44.6 Å². The Morgan fingerprint density at radius 3 is 0.868 bits per heavy atom. The second-order valence-electron chi connectivity index (χ2n) is 16.7. The number of hydrogen-bond acceptors (Lipinski definition) is 1. The van der Waals surface area contributed by atoms with Gasteiger partial charge in [0.2, 0.25) is 12.3 Å². The van der Waals surface area contributed by atoms with E-state index in [9.17, 15) is 110 Å². The summed E-state index contributed by atoms with van der Waals surface area (Å²) in [6.07, 6.45) is -51.0. The number of hydrogen-bond donors (Lipinski definition) is 0. The monoisotopic (exact) mass is 1110 g/mol. The number of pyridine rings is 1. The van der Waals surface area contributed by atoms with Gasteiger partial charge in [0.25, 0.3) is 0 Å². The zero-order chi connectivity index (χ0) is 57.0. The summed E-state index contributed by atoms with van der Waals surface area (Å²) in [7, 11) is 0. The molecule has 0 radical (unpaired) electrons. The van der Waals surface area contributed by atoms with Gasteiger partial charge in [0, 0.05) is 17.7 Å². The van der Waals surface area contributed by atoms with Crippen LogP contribution < -0.4 is 26.4 Å². The van der Waals surface area contributed by atoms with Gasteiger partial charge in [0.05, 0.1) is 44.5 Å². The van der Waals surface area contributed by atoms with E-state index in [1.165, 1.54) is 0 Å². The molecule has 6 aromatic carbocycles. The quantitative estimate of drug-likeness (QED) is 0.0674. The smallest absolute Gasteiger partial charge is 0.287 e. The van der Waals surface area contributed by atoms with Crippen molar-refractivity contribution in [3.05, 3.63) is 196 Å². The summed E-state index contributed by atoms with van der Waals surface area (Å²) < 4.78 is 343. The lowest BCUT2D eigenvalue weighted by Gasteiger charge is -2.46. The van der Waals surface area contributed by atoms with E-state index in [2.05, 4.69) is 0 Å². The van der Waals surface area contributed by atoms with Crippen LogP contribution in [-0.4, -0.2) is 11.9 Å². The van der Waals surface area contributed by atoms with Crippen molar-refractivity contribution in [2.24, 2.45) is 0 Å². The summed E-state index contributed by atoms with van der Waals surface area (Å²) in [6, 6.07) is 10.8. The predicted octanol–water partition coefficient (Wildman–Crippen LogP) is 14.2. The number of ketones is 1. The molecule has 404 valence electrons. The Bertz CT molecular complexity index is 2810. The molecule has 76 heavy (non-hydrogen) atoms. The minimum atomic E-state index is -6.13. The van der Waals surface area contributed by atoms with Gasteiger partial charge in [-0.15, -0.1) is 0 Å². The second kappa shape index (κ2) is 20.1. The zero-order valence-electron chi connectivity index (χ0n) is 37.1. The molecule has 0 N–H and O–H groups in total. The standard InChI is InChI=1S/C32H12BF24.C17H14NO/c34-25(35,36)13-1-14(26(37,38)39)6-21(5-13)33(22-7-15(27(40,41)42)2-16(8-22)28(43,44)45,23-9-17(29(46,47)48)3-18(10-23)30(49,50)51)24-11-19(31(52,53)54)4-20(12-24)32(55,56)57;19-17(13-18-11-4-1-5-12-18)16-10-6-8-14-7-2-3-9-15(14)16/h1-12H;1-12H,13H2/q-1;+1. The van der Waals surface area contributed by atoms with E-state index in [4.69, 9.17) is 0 Å². The van der Waals surface area contributed by atoms with E-state index in [0.717, 1.165) is 16.3 Å². The number of carbonyl (C=O) groups excluding carboxylic acids is 1. The third-order valence-corrected chi connectivity index (χ3v) is 11.6. The maximum Gasteiger partial charge on any atom is 0.416 e. The molecular formula is C49H26BF24NO. The number of aromatic nitrogens is 1. The van der Waals surface area contributed by atoms with E-state index in [1.54, 1.807) is 0 Å². The van der Waals surface area contributed by atoms with E-state index in [-0.39, 0.29) is 5.78 Å². The van der Waals surface area contributed by atoms with Crippen LogP contribution in [-0.2, 0) is 56.0 Å². The van der Waals surface area contributed by atoms with Crippen LogP contribution in [0.3, 0.4) is 0 Å². The first kappa shape index (κ1) is 58.1. The fourth-order valence-electron chi connectivity index (χ4n) is 8.33. The molecule has 0 unspecified atom stereocenters. The van der Waals surface area contributed by atoms with Crippen LogP contribution in [0, 0.1) is 0 Å². The molecule has 0 aliphatic carbocycles. The Balaban J connectivity index is 0.000000408. The van der Waals surface area contributed by atoms with Crippen LogP contribution >= 0.6 is 0 Å². The van der Waals surface area contributed by atoms with Crippen molar-refractivity contribution in [3.63, 3.8) is 0 Å². The summed E-state index contributed by atoms with van der Waals surface area (Å²) in [4.78, 5) is 12.4. The largest absolute Gasteiger partial charge is 0.416 e. The summed E-state index contributed by atoms with van der Waals surface area (Å²) in [5, 5.41) is 2.12. The SMILES string of the molecule is FC(F)(F)c1cc([B-](c2cc(C(F)(F)F)cc(C(F)(F)F)c2)(c2cc(C(F)(F)F)cc(C(F)(F)F)c2)c2cc(C(F)(F)F)cc(C(F)(F)F)c2)cc(C(F)(F)F)c1.O=C(C[n+]1ccccc1)c1cccc2ccccc12. The van der Waals surface area contributed by atoms with Crippen LogP contribution in [0.1, 0.15) is 54.9 Å². The van der Waals surface area contributed by atoms with Crippen molar-refractivity contribution in [1.29, 1.82) is 0 Å². The number of alkyl halides is 24. The van der Waals surface area contributed by atoms with Gasteiger partial charge in [-0.25, -0.2) is 0 Å². The minimum Gasteiger partial charge on any atom is -0.287 e. The highest BCUT2D eigenvalue weighted by Crippen LogP contribution is 2.41. The van der Waals surface area contributed by atoms with Gasteiger partial charge in [-0.1, -0.05) is 97.1 Å². The number of fused-ring (bicyclic) bond motifs is 1. The number of benzene rings is 6. The van der Waals surface area contributed by atoms with E-state index < -0.39 is 195 Å². The van der Waals surface area contributed by atoms with Gasteiger partial charge in [0.1, 0.15) is 6.15 Å². The number of rotatable bonds is 7. The highest BCUT2D eigenvalue weighted by atomic mass is 19.4. The molecule has 0 spiro atoms. The number of Topliss-reactive ketones (excluding diaryl/α,β-unsaturated/α-hetero) is 1. The molecule has 7 rings (SSSR count). The van der Waals surface area contributed by atoms with Crippen LogP contribution in [0.5, 0.6) is 0 Å². The molecule has 7 aromatic rings. The van der Waals surface area contributed by atoms with Gasteiger partial charge in [0.15, 0.2) is 12.4 Å². The third kappa shape index (κ3) is 12.9. The lowest BCUT2D eigenvalue weighted by Crippen LogP contribution is -2.75. The Hall–Kier alpha value is -7.22. The van der Waals surface area contributed by atoms with Crippen LogP contribution in [0.4, 0.5) is 105 Å². The number of carbonyl (C=O) groups is 1. The van der Waals surface area contributed by atoms with Gasteiger partial charge < -0.3 is 0 Å². The lowest BCUT2D eigenvalue weighted by molar-refractivity contribution is -0.683. The molecule has 0 saturated heterocycles. The maximum atomic E-state index is 14.2. The normalized spacial score (nSPS) is 13.4. The number of nitrogens with zero attached hydrogens (tertiary/aromatic N) is 1. The first-order chi connectivity index (χ1) is 34.6. The topological polar surface area (TPSA) is 20.9 Å². The zero-order valence-corrected chi connectivity index (χ0v) is 37.1.